The van der Waals surface area contributed by atoms with Crippen molar-refractivity contribution in [3.63, 3.8) is 0 Å². The normalized spacial score (nSPS) is 9.83. The van der Waals surface area contributed by atoms with Crippen molar-refractivity contribution in [2.45, 2.75) is 0 Å². The minimum absolute atomic E-state index is 0.0377. The molecule has 9 heteroatoms. The number of hydrogen-bond acceptors (Lipinski definition) is 6. The highest BCUT2D eigenvalue weighted by molar-refractivity contribution is 6.36. The van der Waals surface area contributed by atoms with Gasteiger partial charge in [0.2, 0.25) is 0 Å². The number of nitrogens with one attached hydrogen (secondary N) is 1. The standard InChI is InChI=1S/C15H12N4O5/c1-24-15(23)12-11(17)8(6-16)7-19(12)10-4-2-3-9(5-10)18-13(20)14(21)22/h2-5,7H,17H2,1H3,(H,18,20)(H,21,22). The van der Waals surface area contributed by atoms with Crippen LogP contribution in [-0.2, 0) is 14.3 Å². The minimum Gasteiger partial charge on any atom is -0.474 e. The van der Waals surface area contributed by atoms with E-state index in [0.29, 0.717) is 5.69 Å². The molecule has 2 aromatic rings. The maximum Gasteiger partial charge on any atom is 0.394 e. The first-order valence-electron chi connectivity index (χ1n) is 6.53. The van der Waals surface area contributed by atoms with E-state index in [2.05, 4.69) is 10.1 Å². The number of aromatic nitrogens is 1. The number of benzene rings is 1. The van der Waals surface area contributed by atoms with Crippen molar-refractivity contribution < 1.29 is 24.2 Å². The quantitative estimate of drug-likeness (QED) is 0.556. The van der Waals surface area contributed by atoms with E-state index in [-0.39, 0.29) is 22.6 Å². The Morgan fingerprint density at radius 3 is 2.67 bits per heavy atom. The van der Waals surface area contributed by atoms with Crippen molar-refractivity contribution in [2.75, 3.05) is 18.2 Å². The van der Waals surface area contributed by atoms with Crippen molar-refractivity contribution in [2.24, 2.45) is 0 Å². The molecule has 0 fully saturated rings. The third-order valence-electron chi connectivity index (χ3n) is 3.12. The Morgan fingerprint density at radius 1 is 1.38 bits per heavy atom. The second kappa shape index (κ2) is 6.53. The summed E-state index contributed by atoms with van der Waals surface area (Å²) < 4.78 is 6.00. The Morgan fingerprint density at radius 2 is 2.08 bits per heavy atom. The molecule has 0 spiro atoms. The maximum atomic E-state index is 11.9. The summed E-state index contributed by atoms with van der Waals surface area (Å²) in [5.74, 6) is -3.58. The van der Waals surface area contributed by atoms with Crippen LogP contribution in [-0.4, -0.2) is 34.6 Å². The molecule has 1 amide bonds. The van der Waals surface area contributed by atoms with Crippen molar-refractivity contribution >= 4 is 29.2 Å². The number of aliphatic carboxylic acids is 1. The van der Waals surface area contributed by atoms with E-state index < -0.39 is 17.8 Å². The zero-order valence-corrected chi connectivity index (χ0v) is 12.4. The van der Waals surface area contributed by atoms with Crippen molar-refractivity contribution in [1.82, 2.24) is 4.57 Å². The van der Waals surface area contributed by atoms with Crippen LogP contribution < -0.4 is 11.1 Å². The van der Waals surface area contributed by atoms with E-state index in [1.807, 2.05) is 6.07 Å². The lowest BCUT2D eigenvalue weighted by Crippen LogP contribution is -2.21. The van der Waals surface area contributed by atoms with Crippen molar-refractivity contribution in [3.8, 4) is 11.8 Å². The largest absolute Gasteiger partial charge is 0.474 e. The number of nitrogen functional groups attached to an aromatic ring is 1. The molecule has 2 rings (SSSR count). The Bertz CT molecular complexity index is 878. The first-order valence-corrected chi connectivity index (χ1v) is 6.53. The summed E-state index contributed by atoms with van der Waals surface area (Å²) in [5, 5.41) is 19.9. The van der Waals surface area contributed by atoms with Gasteiger partial charge in [-0.1, -0.05) is 6.07 Å². The molecule has 9 nitrogen and oxygen atoms in total. The number of carbonyl (C=O) groups is 3. The van der Waals surface area contributed by atoms with Gasteiger partial charge in [-0.25, -0.2) is 9.59 Å². The van der Waals surface area contributed by atoms with Crippen LogP contribution in [0, 0.1) is 11.3 Å². The lowest BCUT2D eigenvalue weighted by Gasteiger charge is -2.10. The molecule has 0 radical (unpaired) electrons. The van der Waals surface area contributed by atoms with Gasteiger partial charge >= 0.3 is 17.8 Å². The molecular formula is C15H12N4O5. The molecule has 0 saturated heterocycles. The molecule has 24 heavy (non-hydrogen) atoms. The van der Waals surface area contributed by atoms with E-state index in [4.69, 9.17) is 16.1 Å². The highest BCUT2D eigenvalue weighted by Gasteiger charge is 2.22. The fourth-order valence-electron chi connectivity index (χ4n) is 2.04. The van der Waals surface area contributed by atoms with Crippen LogP contribution in [0.25, 0.3) is 5.69 Å². The SMILES string of the molecule is COC(=O)c1c(N)c(C#N)cn1-c1cccc(NC(=O)C(=O)O)c1. The van der Waals surface area contributed by atoms with Crippen LogP contribution >= 0.6 is 0 Å². The third-order valence-corrected chi connectivity index (χ3v) is 3.12. The van der Waals surface area contributed by atoms with Crippen LogP contribution in [0.4, 0.5) is 11.4 Å². The minimum atomic E-state index is -1.63. The highest BCUT2D eigenvalue weighted by atomic mass is 16.5. The van der Waals surface area contributed by atoms with E-state index in [0.717, 1.165) is 0 Å². The summed E-state index contributed by atoms with van der Waals surface area (Å²) in [7, 11) is 1.18. The summed E-state index contributed by atoms with van der Waals surface area (Å²) in [6.45, 7) is 0. The van der Waals surface area contributed by atoms with Crippen LogP contribution in [0.15, 0.2) is 30.5 Å². The Kier molecular flexibility index (Phi) is 4.51. The first-order chi connectivity index (χ1) is 11.4. The number of esters is 1. The van der Waals surface area contributed by atoms with Gasteiger partial charge in [0.15, 0.2) is 5.69 Å². The van der Waals surface area contributed by atoms with E-state index >= 15 is 0 Å². The summed E-state index contributed by atoms with van der Waals surface area (Å²) in [5.41, 5.74) is 6.37. The summed E-state index contributed by atoms with van der Waals surface area (Å²) in [6, 6.07) is 7.89. The van der Waals surface area contributed by atoms with Gasteiger partial charge in [-0.05, 0) is 18.2 Å². The summed E-state index contributed by atoms with van der Waals surface area (Å²) in [6.07, 6.45) is 1.35. The number of anilines is 2. The zero-order chi connectivity index (χ0) is 17.9. The van der Waals surface area contributed by atoms with Gasteiger partial charge in [0, 0.05) is 17.6 Å². The average molecular weight is 328 g/mol. The molecule has 1 aromatic carbocycles. The summed E-state index contributed by atoms with van der Waals surface area (Å²) >= 11 is 0. The number of hydrogen-bond donors (Lipinski definition) is 3. The number of ether oxygens (including phenoxy) is 1. The molecule has 0 saturated carbocycles. The highest BCUT2D eigenvalue weighted by Crippen LogP contribution is 2.26. The van der Waals surface area contributed by atoms with Crippen molar-refractivity contribution in [1.29, 1.82) is 5.26 Å². The van der Waals surface area contributed by atoms with Crippen LogP contribution in [0.5, 0.6) is 0 Å². The molecule has 4 N–H and O–H groups in total. The number of nitrogens with zero attached hydrogens (tertiary/aromatic N) is 2. The lowest BCUT2D eigenvalue weighted by atomic mass is 10.2. The van der Waals surface area contributed by atoms with Gasteiger partial charge in [-0.3, -0.25) is 4.79 Å². The predicted octanol–water partition coefficient (Wildman–Crippen LogP) is 0.741. The second-order valence-electron chi connectivity index (χ2n) is 4.59. The van der Waals surface area contributed by atoms with E-state index in [1.165, 1.54) is 36.1 Å². The molecular weight excluding hydrogens is 316 g/mol. The third kappa shape index (κ3) is 3.02. The van der Waals surface area contributed by atoms with E-state index in [1.54, 1.807) is 6.07 Å². The number of nitrogens with two attached hydrogens (primary N) is 1. The molecule has 0 unspecified atom stereocenters. The van der Waals surface area contributed by atoms with E-state index in [9.17, 15) is 14.4 Å². The van der Waals surface area contributed by atoms with Crippen molar-refractivity contribution in [3.05, 3.63) is 41.7 Å². The first kappa shape index (κ1) is 16.6. The van der Waals surface area contributed by atoms with Gasteiger partial charge in [0.05, 0.1) is 18.4 Å². The molecule has 0 bridgehead atoms. The van der Waals surface area contributed by atoms with Crippen LogP contribution in [0.3, 0.4) is 0 Å². The molecule has 1 aromatic heterocycles. The molecule has 122 valence electrons. The molecule has 0 aliphatic carbocycles. The maximum absolute atomic E-state index is 11.9. The number of nitriles is 1. The van der Waals surface area contributed by atoms with Gasteiger partial charge in [-0.15, -0.1) is 0 Å². The average Bonchev–Trinajstić information content (AvgIpc) is 2.91. The fourth-order valence-corrected chi connectivity index (χ4v) is 2.04. The van der Waals surface area contributed by atoms with Gasteiger partial charge in [-0.2, -0.15) is 5.26 Å². The fraction of sp³-hybridized carbons (Fsp3) is 0.0667. The molecule has 0 aliphatic heterocycles. The predicted molar refractivity (Wildman–Crippen MR) is 82.5 cm³/mol. The zero-order valence-electron chi connectivity index (χ0n) is 12.4. The topological polar surface area (TPSA) is 147 Å². The Balaban J connectivity index is 2.53. The Hall–Kier alpha value is -3.80. The monoisotopic (exact) mass is 328 g/mol. The smallest absolute Gasteiger partial charge is 0.394 e. The molecule has 0 aliphatic rings. The van der Waals surface area contributed by atoms with Crippen LogP contribution in [0.2, 0.25) is 0 Å². The van der Waals surface area contributed by atoms with Gasteiger partial charge in [0.1, 0.15) is 6.07 Å². The number of methoxy groups -OCH3 is 1. The van der Waals surface area contributed by atoms with Crippen LogP contribution in [0.1, 0.15) is 16.1 Å². The number of rotatable bonds is 3. The second-order valence-corrected chi connectivity index (χ2v) is 4.59. The number of carboxylic acid groups (broad SMARTS) is 1. The number of carboxylic acids is 1. The lowest BCUT2D eigenvalue weighted by molar-refractivity contribution is -0.147. The number of amides is 1. The van der Waals surface area contributed by atoms with Gasteiger partial charge < -0.3 is 25.5 Å². The molecule has 1 heterocycles. The van der Waals surface area contributed by atoms with Gasteiger partial charge in [0.25, 0.3) is 0 Å². The Labute approximate surface area is 135 Å². The molecule has 0 atom stereocenters. The summed E-state index contributed by atoms with van der Waals surface area (Å²) in [4.78, 5) is 33.8. The number of carbonyl (C=O) groups excluding carboxylic acids is 2.